The second-order valence-electron chi connectivity index (χ2n) is 5.59. The third-order valence-corrected chi connectivity index (χ3v) is 4.03. The first-order chi connectivity index (χ1) is 11.7. The first-order valence-electron chi connectivity index (χ1n) is 7.61. The van der Waals surface area contributed by atoms with E-state index in [9.17, 15) is 5.26 Å². The lowest BCUT2D eigenvalue weighted by Gasteiger charge is -2.17. The quantitative estimate of drug-likeness (QED) is 0.841. The number of nitriles is 2. The highest BCUT2D eigenvalue weighted by Crippen LogP contribution is 2.47. The Morgan fingerprint density at radius 3 is 2.54 bits per heavy atom. The molecular weight excluding hydrogens is 304 g/mol. The number of rotatable bonds is 5. The molecule has 0 spiro atoms. The van der Waals surface area contributed by atoms with Gasteiger partial charge in [0.1, 0.15) is 5.92 Å². The smallest absolute Gasteiger partial charge is 0.319 e. The van der Waals surface area contributed by atoms with E-state index in [4.69, 9.17) is 14.7 Å². The molecule has 1 aromatic carbocycles. The van der Waals surface area contributed by atoms with Crippen molar-refractivity contribution in [1.29, 1.82) is 10.5 Å². The molecule has 120 valence electrons. The minimum atomic E-state index is -0.611. The van der Waals surface area contributed by atoms with Gasteiger partial charge in [0.05, 0.1) is 37.6 Å². The Morgan fingerprint density at radius 1 is 1.17 bits per heavy atom. The maximum atomic E-state index is 9.78. The van der Waals surface area contributed by atoms with Crippen LogP contribution < -0.4 is 9.47 Å². The van der Waals surface area contributed by atoms with Gasteiger partial charge >= 0.3 is 6.01 Å². The molecule has 2 aromatic rings. The Kier molecular flexibility index (Phi) is 4.31. The predicted octanol–water partition coefficient (Wildman–Crippen LogP) is 2.90. The molecule has 6 heteroatoms. The maximum Gasteiger partial charge on any atom is 0.319 e. The van der Waals surface area contributed by atoms with Gasteiger partial charge in [-0.3, -0.25) is 0 Å². The summed E-state index contributed by atoms with van der Waals surface area (Å²) in [5.41, 5.74) is 2.70. The molecule has 1 aliphatic carbocycles. The van der Waals surface area contributed by atoms with Gasteiger partial charge in [-0.1, -0.05) is 12.1 Å². The van der Waals surface area contributed by atoms with Crippen molar-refractivity contribution in [3.63, 3.8) is 0 Å². The third kappa shape index (κ3) is 2.87. The first kappa shape index (κ1) is 15.8. The molecule has 1 heterocycles. The number of hydrogen-bond acceptors (Lipinski definition) is 6. The molecule has 0 N–H and O–H groups in total. The van der Waals surface area contributed by atoms with Gasteiger partial charge in [0.2, 0.25) is 5.88 Å². The fourth-order valence-electron chi connectivity index (χ4n) is 2.75. The molecule has 1 fully saturated rings. The van der Waals surface area contributed by atoms with Crippen LogP contribution in [0.25, 0.3) is 0 Å². The Morgan fingerprint density at radius 2 is 1.96 bits per heavy atom. The molecule has 6 nitrogen and oxygen atoms in total. The number of benzene rings is 1. The summed E-state index contributed by atoms with van der Waals surface area (Å²) in [4.78, 5) is 8.70. The summed E-state index contributed by atoms with van der Waals surface area (Å²) in [6.45, 7) is 0. The monoisotopic (exact) mass is 320 g/mol. The standard InChI is InChI=1S/C18H16N4O2/c1-23-17-15(12-6-7-12)16(21-18(22-17)24-2)14(10-20)13-5-3-4-11(8-13)9-19/h3-5,8,12,14H,6-7H2,1-2H3. The molecular formula is C18H16N4O2. The number of nitrogens with zero attached hydrogens (tertiary/aromatic N) is 4. The van der Waals surface area contributed by atoms with Crippen LogP contribution in [0, 0.1) is 22.7 Å². The normalized spacial score (nSPS) is 14.3. The lowest BCUT2D eigenvalue weighted by atomic mass is 9.91. The van der Waals surface area contributed by atoms with E-state index >= 15 is 0 Å². The van der Waals surface area contributed by atoms with E-state index in [0.29, 0.717) is 23.1 Å². The summed E-state index contributed by atoms with van der Waals surface area (Å²) in [6, 6.07) is 11.6. The van der Waals surface area contributed by atoms with Crippen LogP contribution in [-0.2, 0) is 0 Å². The molecule has 0 aliphatic heterocycles. The fourth-order valence-corrected chi connectivity index (χ4v) is 2.75. The molecule has 0 bridgehead atoms. The lowest BCUT2D eigenvalue weighted by Crippen LogP contribution is -2.10. The zero-order valence-corrected chi connectivity index (χ0v) is 13.5. The van der Waals surface area contributed by atoms with Crippen LogP contribution in [0.2, 0.25) is 0 Å². The van der Waals surface area contributed by atoms with E-state index in [1.807, 2.05) is 6.07 Å². The largest absolute Gasteiger partial charge is 0.481 e. The van der Waals surface area contributed by atoms with E-state index in [1.165, 1.54) is 7.11 Å². The van der Waals surface area contributed by atoms with E-state index in [0.717, 1.165) is 24.0 Å². The summed E-state index contributed by atoms with van der Waals surface area (Å²) in [7, 11) is 3.03. The minimum absolute atomic E-state index is 0.169. The van der Waals surface area contributed by atoms with E-state index < -0.39 is 5.92 Å². The molecule has 1 aliphatic rings. The van der Waals surface area contributed by atoms with E-state index in [1.54, 1.807) is 25.3 Å². The highest BCUT2D eigenvalue weighted by Gasteiger charge is 2.35. The van der Waals surface area contributed by atoms with Crippen LogP contribution >= 0.6 is 0 Å². The topological polar surface area (TPSA) is 91.8 Å². The highest BCUT2D eigenvalue weighted by molar-refractivity contribution is 5.48. The predicted molar refractivity (Wildman–Crippen MR) is 85.7 cm³/mol. The van der Waals surface area contributed by atoms with Crippen LogP contribution in [0.3, 0.4) is 0 Å². The van der Waals surface area contributed by atoms with Crippen LogP contribution in [0.4, 0.5) is 0 Å². The number of methoxy groups -OCH3 is 2. The van der Waals surface area contributed by atoms with E-state index in [2.05, 4.69) is 22.1 Å². The average Bonchev–Trinajstić information content (AvgIpc) is 3.46. The van der Waals surface area contributed by atoms with Gasteiger partial charge < -0.3 is 9.47 Å². The second-order valence-corrected chi connectivity index (χ2v) is 5.59. The Hall–Kier alpha value is -3.12. The lowest BCUT2D eigenvalue weighted by molar-refractivity contribution is 0.346. The molecule has 1 unspecified atom stereocenters. The first-order valence-corrected chi connectivity index (χ1v) is 7.61. The number of aromatic nitrogens is 2. The second kappa shape index (κ2) is 6.55. The summed E-state index contributed by atoms with van der Waals surface area (Å²) in [5.74, 6) is 0.145. The Balaban J connectivity index is 2.18. The zero-order valence-electron chi connectivity index (χ0n) is 13.5. The van der Waals surface area contributed by atoms with Gasteiger partial charge in [-0.2, -0.15) is 20.5 Å². The summed E-state index contributed by atoms with van der Waals surface area (Å²) in [5, 5.41) is 18.9. The van der Waals surface area contributed by atoms with Gasteiger partial charge in [0.15, 0.2) is 0 Å². The maximum absolute atomic E-state index is 9.78. The molecule has 1 saturated carbocycles. The van der Waals surface area contributed by atoms with E-state index in [-0.39, 0.29) is 6.01 Å². The molecule has 1 atom stereocenters. The SMILES string of the molecule is COc1nc(OC)c(C2CC2)c(C(C#N)c2cccc(C#N)c2)n1. The molecule has 0 saturated heterocycles. The molecule has 24 heavy (non-hydrogen) atoms. The Labute approximate surface area is 140 Å². The van der Waals surface area contributed by atoms with Gasteiger partial charge in [-0.25, -0.2) is 0 Å². The van der Waals surface area contributed by atoms with Crippen LogP contribution in [0.15, 0.2) is 24.3 Å². The van der Waals surface area contributed by atoms with Crippen molar-refractivity contribution >= 4 is 0 Å². The molecule has 3 rings (SSSR count). The van der Waals surface area contributed by atoms with Gasteiger partial charge in [0.25, 0.3) is 0 Å². The molecule has 0 radical (unpaired) electrons. The van der Waals surface area contributed by atoms with Crippen LogP contribution in [0.1, 0.15) is 47.1 Å². The summed E-state index contributed by atoms with van der Waals surface area (Å²) < 4.78 is 10.6. The van der Waals surface area contributed by atoms with Crippen molar-refractivity contribution in [2.45, 2.75) is 24.7 Å². The zero-order chi connectivity index (χ0) is 17.1. The van der Waals surface area contributed by atoms with Gasteiger partial charge in [0, 0.05) is 5.56 Å². The summed E-state index contributed by atoms with van der Waals surface area (Å²) >= 11 is 0. The minimum Gasteiger partial charge on any atom is -0.481 e. The van der Waals surface area contributed by atoms with Crippen molar-refractivity contribution < 1.29 is 9.47 Å². The van der Waals surface area contributed by atoms with Crippen LogP contribution in [-0.4, -0.2) is 24.2 Å². The van der Waals surface area contributed by atoms with Crippen molar-refractivity contribution in [2.75, 3.05) is 14.2 Å². The van der Waals surface area contributed by atoms with Crippen molar-refractivity contribution in [1.82, 2.24) is 9.97 Å². The fraction of sp³-hybridized carbons (Fsp3) is 0.333. The number of ether oxygens (including phenoxy) is 2. The Bertz CT molecular complexity index is 847. The van der Waals surface area contributed by atoms with Gasteiger partial charge in [-0.05, 0) is 36.5 Å². The van der Waals surface area contributed by atoms with Crippen molar-refractivity contribution in [3.05, 3.63) is 46.6 Å². The van der Waals surface area contributed by atoms with Crippen molar-refractivity contribution in [3.8, 4) is 24.0 Å². The van der Waals surface area contributed by atoms with Gasteiger partial charge in [-0.15, -0.1) is 0 Å². The average molecular weight is 320 g/mol. The molecule has 0 amide bonds. The molecule has 1 aromatic heterocycles. The van der Waals surface area contributed by atoms with Crippen LogP contribution in [0.5, 0.6) is 11.9 Å². The summed E-state index contributed by atoms with van der Waals surface area (Å²) in [6.07, 6.45) is 2.05. The van der Waals surface area contributed by atoms with Crippen molar-refractivity contribution in [2.24, 2.45) is 0 Å². The highest BCUT2D eigenvalue weighted by atomic mass is 16.5. The third-order valence-electron chi connectivity index (χ3n) is 4.03. The number of hydrogen-bond donors (Lipinski definition) is 0.